The molecule has 0 fully saturated rings. The first kappa shape index (κ1) is 39.1. The SMILES string of the molecule is c1ccc(-c2cc(-c3ccccc3)cc(-c3cnc(-c4cccc5oc6cc7c(cc6c45)c4ccccc4n7-c4ccccc4)c(-c4nc(-c5ccccc5)nc(-c5ccccc5)n4)c3)c2)cc1. The van der Waals surface area contributed by atoms with E-state index in [4.69, 9.17) is 24.4 Å². The van der Waals surface area contributed by atoms with Crippen LogP contribution in [0, 0.1) is 0 Å². The maximum absolute atomic E-state index is 6.83. The van der Waals surface area contributed by atoms with Gasteiger partial charge in [-0.1, -0.05) is 170 Å². The number of furan rings is 1. The lowest BCUT2D eigenvalue weighted by atomic mass is 9.92. The van der Waals surface area contributed by atoms with Gasteiger partial charge in [-0.25, -0.2) is 15.0 Å². The summed E-state index contributed by atoms with van der Waals surface area (Å²) in [5, 5.41) is 4.29. The van der Waals surface area contributed by atoms with Crippen molar-refractivity contribution in [2.45, 2.75) is 0 Å². The molecule has 0 bridgehead atoms. The van der Waals surface area contributed by atoms with Gasteiger partial charge in [0.2, 0.25) is 0 Å². The zero-order valence-corrected chi connectivity index (χ0v) is 36.7. The standard InChI is InChI=1S/C62H39N5O/c1-6-19-40(20-7-1)44-33-45(41-21-8-2-9-22-41)35-46(34-44)47-36-53(62-65-60(42-23-10-3-11-24-42)64-61(66-62)43-25-12-4-13-26-43)59(63-39-47)50-30-18-32-56-58(50)52-37-51-49-29-16-17-31-54(49)67(48-27-14-5-15-28-48)55(51)38-57(52)68-56/h1-39H. The lowest BCUT2D eigenvalue weighted by molar-refractivity contribution is 0.669. The average Bonchev–Trinajstić information content (AvgIpc) is 3.95. The number of aromatic nitrogens is 5. The van der Waals surface area contributed by atoms with Gasteiger partial charge in [0.15, 0.2) is 17.5 Å². The minimum atomic E-state index is 0.516. The van der Waals surface area contributed by atoms with Crippen molar-refractivity contribution in [3.05, 3.63) is 237 Å². The maximum atomic E-state index is 6.83. The van der Waals surface area contributed by atoms with E-state index in [0.29, 0.717) is 17.5 Å². The first-order valence-corrected chi connectivity index (χ1v) is 22.8. The molecular weight excluding hydrogens is 831 g/mol. The van der Waals surface area contributed by atoms with Gasteiger partial charge in [-0.15, -0.1) is 0 Å². The zero-order chi connectivity index (χ0) is 45.0. The van der Waals surface area contributed by atoms with Gasteiger partial charge in [-0.2, -0.15) is 0 Å². The molecule has 4 aromatic heterocycles. The molecular formula is C62H39N5O. The minimum Gasteiger partial charge on any atom is -0.456 e. The van der Waals surface area contributed by atoms with Gasteiger partial charge in [0, 0.05) is 67.3 Å². The highest BCUT2D eigenvalue weighted by atomic mass is 16.3. The minimum absolute atomic E-state index is 0.516. The molecule has 68 heavy (non-hydrogen) atoms. The molecule has 0 unspecified atom stereocenters. The second-order valence-corrected chi connectivity index (χ2v) is 17.0. The summed E-state index contributed by atoms with van der Waals surface area (Å²) in [6, 6.07) is 80.1. The molecule has 6 heteroatoms. The Morgan fingerprint density at radius 2 is 0.853 bits per heavy atom. The third kappa shape index (κ3) is 6.82. The second-order valence-electron chi connectivity index (χ2n) is 17.0. The third-order valence-corrected chi connectivity index (χ3v) is 12.9. The van der Waals surface area contributed by atoms with Crippen LogP contribution in [0.4, 0.5) is 0 Å². The average molecular weight is 870 g/mol. The lowest BCUT2D eigenvalue weighted by Gasteiger charge is -2.15. The predicted octanol–water partition coefficient (Wildman–Crippen LogP) is 15.9. The van der Waals surface area contributed by atoms with Crippen molar-refractivity contribution >= 4 is 43.7 Å². The molecule has 318 valence electrons. The van der Waals surface area contributed by atoms with Crippen LogP contribution < -0.4 is 0 Å². The van der Waals surface area contributed by atoms with Crippen LogP contribution in [0.1, 0.15) is 0 Å². The number of pyridine rings is 1. The van der Waals surface area contributed by atoms with Crippen LogP contribution in [0.15, 0.2) is 241 Å². The number of benzene rings is 9. The van der Waals surface area contributed by atoms with Gasteiger partial charge in [0.1, 0.15) is 11.2 Å². The summed E-state index contributed by atoms with van der Waals surface area (Å²) in [5.41, 5.74) is 15.5. The van der Waals surface area contributed by atoms with Crippen molar-refractivity contribution in [1.29, 1.82) is 0 Å². The van der Waals surface area contributed by atoms with E-state index < -0.39 is 0 Å². The van der Waals surface area contributed by atoms with E-state index in [2.05, 4.69) is 162 Å². The predicted molar refractivity (Wildman–Crippen MR) is 277 cm³/mol. The van der Waals surface area contributed by atoms with Crippen LogP contribution in [0.2, 0.25) is 0 Å². The van der Waals surface area contributed by atoms with Crippen LogP contribution in [0.5, 0.6) is 0 Å². The molecule has 4 heterocycles. The summed E-state index contributed by atoms with van der Waals surface area (Å²) >= 11 is 0. The molecule has 13 rings (SSSR count). The summed E-state index contributed by atoms with van der Waals surface area (Å²) in [6.45, 7) is 0. The smallest absolute Gasteiger partial charge is 0.166 e. The molecule has 0 saturated carbocycles. The van der Waals surface area contributed by atoms with Crippen LogP contribution in [0.25, 0.3) is 128 Å². The topological polar surface area (TPSA) is 69.6 Å². The highest BCUT2D eigenvalue weighted by Gasteiger charge is 2.23. The summed E-state index contributed by atoms with van der Waals surface area (Å²) in [4.78, 5) is 21.1. The number of hydrogen-bond donors (Lipinski definition) is 0. The second kappa shape index (κ2) is 16.3. The summed E-state index contributed by atoms with van der Waals surface area (Å²) in [7, 11) is 0. The first-order valence-electron chi connectivity index (χ1n) is 22.8. The fourth-order valence-electron chi connectivity index (χ4n) is 9.67. The molecule has 0 atom stereocenters. The molecule has 0 amide bonds. The Bertz CT molecular complexity index is 3880. The molecule has 0 spiro atoms. The maximum Gasteiger partial charge on any atom is 0.166 e. The van der Waals surface area contributed by atoms with E-state index >= 15 is 0 Å². The zero-order valence-electron chi connectivity index (χ0n) is 36.7. The Hall–Kier alpha value is -9.26. The lowest BCUT2D eigenvalue weighted by Crippen LogP contribution is -2.02. The number of hydrogen-bond acceptors (Lipinski definition) is 5. The number of fused-ring (bicyclic) bond motifs is 6. The Kier molecular flexibility index (Phi) is 9.39. The molecule has 0 N–H and O–H groups in total. The molecule has 0 aliphatic carbocycles. The van der Waals surface area contributed by atoms with Gasteiger partial charge in [0.25, 0.3) is 0 Å². The van der Waals surface area contributed by atoms with Gasteiger partial charge in [0.05, 0.1) is 16.7 Å². The fourth-order valence-corrected chi connectivity index (χ4v) is 9.67. The molecule has 0 saturated heterocycles. The number of rotatable bonds is 8. The summed E-state index contributed by atoms with van der Waals surface area (Å²) < 4.78 is 9.15. The molecule has 9 aromatic carbocycles. The number of nitrogens with zero attached hydrogens (tertiary/aromatic N) is 5. The molecule has 0 aliphatic heterocycles. The fraction of sp³-hybridized carbons (Fsp3) is 0. The molecule has 13 aromatic rings. The summed E-state index contributed by atoms with van der Waals surface area (Å²) in [5.74, 6) is 1.67. The van der Waals surface area contributed by atoms with Gasteiger partial charge < -0.3 is 8.98 Å². The summed E-state index contributed by atoms with van der Waals surface area (Å²) in [6.07, 6.45) is 1.99. The first-order chi connectivity index (χ1) is 33.7. The van der Waals surface area contributed by atoms with Crippen molar-refractivity contribution in [2.24, 2.45) is 0 Å². The van der Waals surface area contributed by atoms with Crippen LogP contribution in [-0.4, -0.2) is 24.5 Å². The highest BCUT2D eigenvalue weighted by molar-refractivity contribution is 6.20. The van der Waals surface area contributed by atoms with Crippen molar-refractivity contribution in [3.63, 3.8) is 0 Å². The highest BCUT2D eigenvalue weighted by Crippen LogP contribution is 2.44. The Morgan fingerprint density at radius 3 is 1.47 bits per heavy atom. The van der Waals surface area contributed by atoms with E-state index in [1.54, 1.807) is 0 Å². The Labute approximate surface area is 392 Å². The van der Waals surface area contributed by atoms with Gasteiger partial charge >= 0.3 is 0 Å². The quantitative estimate of drug-likeness (QED) is 0.152. The van der Waals surface area contributed by atoms with Gasteiger partial charge in [-0.3, -0.25) is 4.98 Å². The van der Waals surface area contributed by atoms with Crippen molar-refractivity contribution in [3.8, 4) is 84.5 Å². The number of para-hydroxylation sites is 2. The van der Waals surface area contributed by atoms with Crippen molar-refractivity contribution in [2.75, 3.05) is 0 Å². The monoisotopic (exact) mass is 869 g/mol. The molecule has 6 nitrogen and oxygen atoms in total. The van der Waals surface area contributed by atoms with E-state index in [1.807, 2.05) is 79.0 Å². The Balaban J connectivity index is 1.08. The molecule has 0 radical (unpaired) electrons. The Morgan fingerprint density at radius 1 is 0.324 bits per heavy atom. The van der Waals surface area contributed by atoms with E-state index in [1.165, 1.54) is 5.39 Å². The van der Waals surface area contributed by atoms with Crippen LogP contribution >= 0.6 is 0 Å². The van der Waals surface area contributed by atoms with Crippen LogP contribution in [-0.2, 0) is 0 Å². The van der Waals surface area contributed by atoms with E-state index in [0.717, 1.165) is 105 Å². The van der Waals surface area contributed by atoms with E-state index in [-0.39, 0.29) is 0 Å². The molecule has 0 aliphatic rings. The third-order valence-electron chi connectivity index (χ3n) is 12.9. The van der Waals surface area contributed by atoms with Crippen LogP contribution in [0.3, 0.4) is 0 Å². The van der Waals surface area contributed by atoms with E-state index in [9.17, 15) is 0 Å². The van der Waals surface area contributed by atoms with Gasteiger partial charge in [-0.05, 0) is 82.4 Å². The largest absolute Gasteiger partial charge is 0.456 e. The van der Waals surface area contributed by atoms with Crippen molar-refractivity contribution < 1.29 is 4.42 Å². The van der Waals surface area contributed by atoms with Crippen molar-refractivity contribution in [1.82, 2.24) is 24.5 Å². The normalized spacial score (nSPS) is 11.5.